The van der Waals surface area contributed by atoms with Gasteiger partial charge in [-0.25, -0.2) is 35.1 Å². The second kappa shape index (κ2) is 22.5. The van der Waals surface area contributed by atoms with Crippen LogP contribution in [0.1, 0.15) is 97.4 Å². The molecule has 6 N–H and O–H groups in total. The molecule has 4 aromatic carbocycles. The number of rotatable bonds is 18. The van der Waals surface area contributed by atoms with E-state index in [4.69, 9.17) is 0 Å². The maximum atomic E-state index is 15.9. The van der Waals surface area contributed by atoms with Gasteiger partial charge in [-0.2, -0.15) is 0 Å². The van der Waals surface area contributed by atoms with E-state index < -0.39 is 110 Å². The molecule has 4 aliphatic heterocycles. The van der Waals surface area contributed by atoms with E-state index in [1.165, 1.54) is 23.6 Å². The first-order valence-electron chi connectivity index (χ1n) is 26.6. The summed E-state index contributed by atoms with van der Waals surface area (Å²) in [5, 5.41) is 42.8. The van der Waals surface area contributed by atoms with E-state index in [0.29, 0.717) is 76.3 Å². The number of aromatic nitrogens is 2. The van der Waals surface area contributed by atoms with Gasteiger partial charge in [-0.15, -0.1) is 0 Å². The summed E-state index contributed by atoms with van der Waals surface area (Å²) in [6.07, 6.45) is 1.53. The molecule has 0 unspecified atom stereocenters. The zero-order valence-corrected chi connectivity index (χ0v) is 44.1. The minimum Gasteiger partial charge on any atom is -0.390 e. The molecule has 0 aliphatic carbocycles. The number of alkyl halides is 6. The van der Waals surface area contributed by atoms with Crippen molar-refractivity contribution in [1.29, 1.82) is 0 Å². The van der Waals surface area contributed by atoms with Gasteiger partial charge < -0.3 is 40.2 Å². The fraction of sp³-hybridized carbons (Fsp3) is 0.517. The number of benzene rings is 4. The third-order valence-electron chi connectivity index (χ3n) is 16.9. The van der Waals surface area contributed by atoms with Crippen molar-refractivity contribution in [3.8, 4) is 0 Å². The molecule has 10 nitrogen and oxygen atoms in total. The van der Waals surface area contributed by atoms with E-state index in [-0.39, 0.29) is 34.1 Å². The maximum absolute atomic E-state index is 15.9. The lowest BCUT2D eigenvalue weighted by Crippen LogP contribution is -2.55. The Morgan fingerprint density at radius 3 is 1.21 bits per heavy atom. The molecule has 424 valence electrons. The average molecular weight is 1100 g/mol. The van der Waals surface area contributed by atoms with Crippen molar-refractivity contribution >= 4 is 21.8 Å². The number of likely N-dealkylation sites (tertiary alicyclic amines) is 2. The summed E-state index contributed by atoms with van der Waals surface area (Å²) < 4.78 is 147. The van der Waals surface area contributed by atoms with Crippen LogP contribution in [0.4, 0.5) is 43.9 Å². The van der Waals surface area contributed by atoms with Crippen LogP contribution in [0.15, 0.2) is 72.8 Å². The minimum absolute atomic E-state index is 0.0596. The molecule has 2 aromatic heterocycles. The van der Waals surface area contributed by atoms with Gasteiger partial charge in [0.2, 0.25) is 0 Å². The van der Waals surface area contributed by atoms with Gasteiger partial charge in [-0.05, 0) is 112 Å². The second-order valence-electron chi connectivity index (χ2n) is 22.4. The van der Waals surface area contributed by atoms with Gasteiger partial charge in [-0.3, -0.25) is 18.6 Å². The number of aliphatic hydroxyl groups is 4. The van der Waals surface area contributed by atoms with Crippen LogP contribution in [0.25, 0.3) is 21.8 Å². The number of halogens is 10. The molecule has 2 fully saturated rings. The molecule has 2 saturated heterocycles. The monoisotopic (exact) mass is 1100 g/mol. The van der Waals surface area contributed by atoms with E-state index >= 15 is 17.6 Å². The van der Waals surface area contributed by atoms with Crippen molar-refractivity contribution in [2.45, 2.75) is 101 Å². The highest BCUT2D eigenvalue weighted by molar-refractivity contribution is 5.86. The molecule has 0 spiro atoms. The van der Waals surface area contributed by atoms with Crippen molar-refractivity contribution in [3.63, 3.8) is 0 Å². The molecule has 6 heterocycles. The third kappa shape index (κ3) is 11.1. The zero-order valence-electron chi connectivity index (χ0n) is 44.1. The Kier molecular flexibility index (Phi) is 16.6. The number of para-hydroxylation sites is 2. The molecular formula is C58H68F10N6O4. The summed E-state index contributed by atoms with van der Waals surface area (Å²) in [5.41, 5.74) is 0.218. The Balaban J connectivity index is 0.000000190. The SMILES string of the molecule is C[C@@H]1Cc2c([nH]c3ccccc23)[C@@H](c2c(F)cc([C@@](C)(O)C3CN(CCCF)C3)cc2F)N1CC(F)(F)CO.C[C@@H]1Cc2c([nH]c3ccccc23)[C@@H](c2c(F)cc([C@](C)(O)C3CN(CCCF)C3)cc2F)N1CC(F)(F)CO. The fourth-order valence-corrected chi connectivity index (χ4v) is 12.3. The molecule has 20 heteroatoms. The molecule has 10 rings (SSSR count). The number of hydrogen-bond donors (Lipinski definition) is 6. The first-order chi connectivity index (χ1) is 36.9. The second-order valence-corrected chi connectivity index (χ2v) is 22.4. The smallest absolute Gasteiger partial charge is 0.283 e. The van der Waals surface area contributed by atoms with Crippen molar-refractivity contribution in [2.24, 2.45) is 11.8 Å². The molecule has 0 radical (unpaired) electrons. The number of nitrogens with zero attached hydrogens (tertiary/aromatic N) is 4. The first kappa shape index (κ1) is 57.6. The van der Waals surface area contributed by atoms with Crippen molar-refractivity contribution in [1.82, 2.24) is 29.6 Å². The normalized spacial score (nSPS) is 22.6. The summed E-state index contributed by atoms with van der Waals surface area (Å²) in [7, 11) is 0. The van der Waals surface area contributed by atoms with Crippen LogP contribution in [0.5, 0.6) is 0 Å². The Labute approximate surface area is 446 Å². The fourth-order valence-electron chi connectivity index (χ4n) is 12.3. The van der Waals surface area contributed by atoms with Gasteiger partial charge in [0, 0.05) is 108 Å². The number of fused-ring (bicyclic) bond motifs is 6. The Morgan fingerprint density at radius 1 is 0.551 bits per heavy atom. The van der Waals surface area contributed by atoms with Gasteiger partial charge in [0.05, 0.1) is 49.7 Å². The van der Waals surface area contributed by atoms with Gasteiger partial charge in [0.25, 0.3) is 11.8 Å². The van der Waals surface area contributed by atoms with Crippen LogP contribution in [-0.4, -0.2) is 153 Å². The van der Waals surface area contributed by atoms with Crippen LogP contribution in [0, 0.1) is 35.1 Å². The summed E-state index contributed by atoms with van der Waals surface area (Å²) in [6.45, 7) is 4.02. The van der Waals surface area contributed by atoms with E-state index in [9.17, 15) is 46.8 Å². The highest BCUT2D eigenvalue weighted by Crippen LogP contribution is 2.47. The van der Waals surface area contributed by atoms with E-state index in [1.54, 1.807) is 13.8 Å². The topological polar surface area (TPSA) is 125 Å². The predicted octanol–water partition coefficient (Wildman–Crippen LogP) is 9.82. The summed E-state index contributed by atoms with van der Waals surface area (Å²) in [4.78, 5) is 13.0. The van der Waals surface area contributed by atoms with Crippen LogP contribution in [0.2, 0.25) is 0 Å². The maximum Gasteiger partial charge on any atom is 0.283 e. The standard InChI is InChI=1S/2C29H34F5N3O2/c2*1-17-10-21-20-6-3-4-7-24(20)35-26(21)27(37(17)15-29(33,34)16-38)25-22(31)11-18(12-23(25)32)28(2,39)19-13-36(14-19)9-5-8-30/h2*3-4,6-7,11-12,17,19,27,35,38-39H,5,8-10,13-16H2,1-2H3/t17-,27-,28+;17-,27-,28-/m11/s1. The van der Waals surface area contributed by atoms with Gasteiger partial charge in [0.1, 0.15) is 36.5 Å². The first-order valence-corrected chi connectivity index (χ1v) is 26.6. The van der Waals surface area contributed by atoms with E-state index in [2.05, 4.69) is 9.97 Å². The van der Waals surface area contributed by atoms with Gasteiger partial charge in [-0.1, -0.05) is 36.4 Å². The Bertz CT molecular complexity index is 2830. The van der Waals surface area contributed by atoms with Gasteiger partial charge >= 0.3 is 0 Å². The summed E-state index contributed by atoms with van der Waals surface area (Å²) in [5.74, 6) is -11.3. The highest BCUT2D eigenvalue weighted by atomic mass is 19.3. The van der Waals surface area contributed by atoms with Crippen LogP contribution >= 0.6 is 0 Å². The lowest BCUT2D eigenvalue weighted by molar-refractivity contribution is -0.0872. The number of H-pyrrole nitrogens is 2. The van der Waals surface area contributed by atoms with E-state index in [0.717, 1.165) is 57.2 Å². The lowest BCUT2D eigenvalue weighted by Gasteiger charge is -2.47. The number of hydrogen-bond acceptors (Lipinski definition) is 8. The number of nitrogens with one attached hydrogen (secondary N) is 2. The predicted molar refractivity (Wildman–Crippen MR) is 277 cm³/mol. The Morgan fingerprint density at radius 2 is 0.885 bits per heavy atom. The molecule has 0 saturated carbocycles. The Hall–Kier alpha value is -5.06. The van der Waals surface area contributed by atoms with Crippen LogP contribution in [-0.2, 0) is 24.0 Å². The molecule has 6 aromatic rings. The van der Waals surface area contributed by atoms with E-state index in [1.807, 2.05) is 58.3 Å². The number of aliphatic hydroxyl groups excluding tert-OH is 2. The van der Waals surface area contributed by atoms with Crippen molar-refractivity contribution in [2.75, 3.05) is 78.9 Å². The molecule has 4 aliphatic rings. The molecular weight excluding hydrogens is 1030 g/mol. The molecule has 78 heavy (non-hydrogen) atoms. The van der Waals surface area contributed by atoms with Crippen LogP contribution in [0.3, 0.4) is 0 Å². The van der Waals surface area contributed by atoms with Crippen LogP contribution < -0.4 is 0 Å². The summed E-state index contributed by atoms with van der Waals surface area (Å²) in [6, 6.07) is 15.7. The van der Waals surface area contributed by atoms with Crippen molar-refractivity contribution in [3.05, 3.63) is 141 Å². The highest BCUT2D eigenvalue weighted by Gasteiger charge is 2.48. The largest absolute Gasteiger partial charge is 0.390 e. The molecule has 6 atom stereocenters. The zero-order chi connectivity index (χ0) is 56.2. The lowest BCUT2D eigenvalue weighted by atomic mass is 9.77. The molecule has 0 bridgehead atoms. The molecule has 0 amide bonds. The average Bonchev–Trinajstić information content (AvgIpc) is 4.06. The quantitative estimate of drug-likeness (QED) is 0.0471. The third-order valence-corrected chi connectivity index (χ3v) is 16.9. The van der Waals surface area contributed by atoms with Crippen molar-refractivity contribution < 1.29 is 64.3 Å². The van der Waals surface area contributed by atoms with Gasteiger partial charge in [0.15, 0.2) is 0 Å². The summed E-state index contributed by atoms with van der Waals surface area (Å²) >= 11 is 0. The number of aromatic amines is 2. The minimum atomic E-state index is -3.48.